The van der Waals surface area contributed by atoms with Crippen LogP contribution in [0, 0.1) is 0 Å². The fourth-order valence-electron chi connectivity index (χ4n) is 2.68. The molecule has 8 nitrogen and oxygen atoms in total. The lowest BCUT2D eigenvalue weighted by Crippen LogP contribution is -2.04. The predicted octanol–water partition coefficient (Wildman–Crippen LogP) is 3.55. The molecular weight excluding hydrogens is 378 g/mol. The van der Waals surface area contributed by atoms with Crippen molar-refractivity contribution in [3.8, 4) is 34.5 Å². The Hall–Kier alpha value is -3.55. The maximum Gasteiger partial charge on any atom is 0.194 e. The van der Waals surface area contributed by atoms with Crippen molar-refractivity contribution in [1.29, 1.82) is 0 Å². The number of benzene rings is 2. The van der Waals surface area contributed by atoms with Gasteiger partial charge in [-0.05, 0) is 0 Å². The molecule has 0 unspecified atom stereocenters. The minimum atomic E-state index is -0.319. The molecule has 0 saturated heterocycles. The number of hydrogen-bond acceptors (Lipinski definition) is 8. The van der Waals surface area contributed by atoms with Gasteiger partial charge in [-0.1, -0.05) is 0 Å². The largest absolute Gasteiger partial charge is 0.496 e. The highest BCUT2D eigenvalue weighted by molar-refractivity contribution is 6.09. The Morgan fingerprint density at radius 3 is 1.48 bits per heavy atom. The van der Waals surface area contributed by atoms with Gasteiger partial charge in [0.05, 0.1) is 42.7 Å². The van der Waals surface area contributed by atoms with E-state index in [1.54, 1.807) is 31.4 Å². The summed E-state index contributed by atoms with van der Waals surface area (Å²) in [6.45, 7) is 0. The average Bonchev–Trinajstić information content (AvgIpc) is 2.77. The van der Waals surface area contributed by atoms with Crippen molar-refractivity contribution in [2.24, 2.45) is 0 Å². The number of carbonyl (C=O) groups excluding carboxylic acids is 1. The van der Waals surface area contributed by atoms with Gasteiger partial charge < -0.3 is 33.7 Å². The van der Waals surface area contributed by atoms with Gasteiger partial charge in [0, 0.05) is 36.5 Å². The smallest absolute Gasteiger partial charge is 0.194 e. The van der Waals surface area contributed by atoms with Crippen LogP contribution in [0.3, 0.4) is 0 Å². The maximum absolute atomic E-state index is 12.8. The molecule has 2 aromatic carbocycles. The molecule has 0 radical (unpaired) electrons. The van der Waals surface area contributed by atoms with E-state index in [-0.39, 0.29) is 11.3 Å². The molecule has 0 spiro atoms. The Labute approximate surface area is 169 Å². The molecule has 2 rings (SSSR count). The summed E-state index contributed by atoms with van der Waals surface area (Å²) in [5, 5.41) is 3.02. The summed E-state index contributed by atoms with van der Waals surface area (Å²) in [5.41, 5.74) is 0.830. The highest BCUT2D eigenvalue weighted by atomic mass is 16.5. The first-order valence-electron chi connectivity index (χ1n) is 8.60. The van der Waals surface area contributed by atoms with Gasteiger partial charge in [0.15, 0.2) is 5.78 Å². The molecule has 0 amide bonds. The second-order valence-corrected chi connectivity index (χ2v) is 5.66. The third kappa shape index (κ3) is 4.84. The lowest BCUT2D eigenvalue weighted by Gasteiger charge is -2.15. The van der Waals surface area contributed by atoms with Crippen molar-refractivity contribution < 1.29 is 33.2 Å². The summed E-state index contributed by atoms with van der Waals surface area (Å²) in [7, 11) is 9.08. The maximum atomic E-state index is 12.8. The van der Waals surface area contributed by atoms with Crippen molar-refractivity contribution in [2.75, 3.05) is 48.0 Å². The number of hydrogen-bond donors (Lipinski definition) is 1. The van der Waals surface area contributed by atoms with Crippen LogP contribution in [-0.4, -0.2) is 48.4 Å². The molecule has 0 aliphatic heterocycles. The fourth-order valence-corrected chi connectivity index (χ4v) is 2.68. The van der Waals surface area contributed by atoms with Crippen LogP contribution in [0.5, 0.6) is 34.5 Å². The molecule has 2 aromatic rings. The van der Waals surface area contributed by atoms with Gasteiger partial charge in [0.1, 0.15) is 45.7 Å². The van der Waals surface area contributed by atoms with Gasteiger partial charge in [-0.3, -0.25) is 4.79 Å². The SMILES string of the molecule is COc1cc(OC)c(N/C=C\C(=O)c2c(OC)cc(OC)cc2OC)c(OC)c1. The highest BCUT2D eigenvalue weighted by Gasteiger charge is 2.19. The molecule has 0 aliphatic carbocycles. The average molecular weight is 403 g/mol. The Morgan fingerprint density at radius 2 is 1.10 bits per heavy atom. The summed E-state index contributed by atoms with van der Waals surface area (Å²) < 4.78 is 31.8. The van der Waals surface area contributed by atoms with Crippen LogP contribution in [0.1, 0.15) is 10.4 Å². The molecule has 156 valence electrons. The van der Waals surface area contributed by atoms with E-state index < -0.39 is 0 Å². The van der Waals surface area contributed by atoms with Crippen LogP contribution >= 0.6 is 0 Å². The van der Waals surface area contributed by atoms with Crippen LogP contribution in [0.4, 0.5) is 5.69 Å². The van der Waals surface area contributed by atoms with Crippen LogP contribution < -0.4 is 33.7 Å². The molecule has 0 atom stereocenters. The molecule has 8 heteroatoms. The van der Waals surface area contributed by atoms with E-state index in [1.807, 2.05) is 0 Å². The van der Waals surface area contributed by atoms with Crippen molar-refractivity contribution in [2.45, 2.75) is 0 Å². The highest BCUT2D eigenvalue weighted by Crippen LogP contribution is 2.39. The molecule has 0 bridgehead atoms. The topological polar surface area (TPSA) is 84.5 Å². The van der Waals surface area contributed by atoms with Crippen molar-refractivity contribution >= 4 is 11.5 Å². The first-order valence-corrected chi connectivity index (χ1v) is 8.60. The number of allylic oxidation sites excluding steroid dienone is 1. The number of carbonyl (C=O) groups is 1. The zero-order valence-corrected chi connectivity index (χ0v) is 17.3. The first kappa shape index (κ1) is 21.7. The fraction of sp³-hybridized carbons (Fsp3) is 0.286. The molecule has 1 N–H and O–H groups in total. The number of ketones is 1. The van der Waals surface area contributed by atoms with E-state index >= 15 is 0 Å². The number of rotatable bonds is 10. The van der Waals surface area contributed by atoms with E-state index in [1.165, 1.54) is 47.8 Å². The van der Waals surface area contributed by atoms with Crippen molar-refractivity contribution in [3.05, 3.63) is 42.1 Å². The van der Waals surface area contributed by atoms with E-state index in [9.17, 15) is 4.79 Å². The number of nitrogens with one attached hydrogen (secondary N) is 1. The number of anilines is 1. The van der Waals surface area contributed by atoms with Crippen LogP contribution in [0.15, 0.2) is 36.5 Å². The Morgan fingerprint density at radius 1 is 0.690 bits per heavy atom. The lowest BCUT2D eigenvalue weighted by molar-refractivity contribution is 0.104. The minimum Gasteiger partial charge on any atom is -0.496 e. The molecule has 0 saturated carbocycles. The molecule has 0 heterocycles. The molecule has 0 aliphatic rings. The zero-order chi connectivity index (χ0) is 21.4. The number of methoxy groups -OCH3 is 6. The van der Waals surface area contributed by atoms with Gasteiger partial charge in [0.25, 0.3) is 0 Å². The normalized spacial score (nSPS) is 10.4. The Balaban J connectivity index is 2.34. The van der Waals surface area contributed by atoms with Crippen LogP contribution in [0.2, 0.25) is 0 Å². The standard InChI is InChI=1S/C21H25NO7/c1-24-13-9-16(26-3)20(17(10-13)27-4)15(23)7-8-22-21-18(28-5)11-14(25-2)12-19(21)29-6/h7-12,22H,1-6H3/b8-7-. The van der Waals surface area contributed by atoms with E-state index in [0.717, 1.165) is 0 Å². The minimum absolute atomic E-state index is 0.280. The van der Waals surface area contributed by atoms with E-state index in [0.29, 0.717) is 40.2 Å². The van der Waals surface area contributed by atoms with Crippen molar-refractivity contribution in [1.82, 2.24) is 0 Å². The molecule has 29 heavy (non-hydrogen) atoms. The Bertz CT molecular complexity index is 843. The first-order chi connectivity index (χ1) is 14.0. The summed E-state index contributed by atoms with van der Waals surface area (Å²) in [4.78, 5) is 12.8. The van der Waals surface area contributed by atoms with Crippen molar-refractivity contribution in [3.63, 3.8) is 0 Å². The second-order valence-electron chi connectivity index (χ2n) is 5.66. The molecular formula is C21H25NO7. The second kappa shape index (κ2) is 10.1. The summed E-state index contributed by atoms with van der Waals surface area (Å²) >= 11 is 0. The van der Waals surface area contributed by atoms with Gasteiger partial charge >= 0.3 is 0 Å². The van der Waals surface area contributed by atoms with E-state index in [2.05, 4.69) is 5.32 Å². The Kier molecular flexibility index (Phi) is 7.59. The van der Waals surface area contributed by atoms with E-state index in [4.69, 9.17) is 28.4 Å². The summed E-state index contributed by atoms with van der Waals surface area (Å²) in [5.74, 6) is 2.46. The number of ether oxygens (including phenoxy) is 6. The van der Waals surface area contributed by atoms with Gasteiger partial charge in [0.2, 0.25) is 0 Å². The van der Waals surface area contributed by atoms with Gasteiger partial charge in [-0.15, -0.1) is 0 Å². The third-order valence-electron chi connectivity index (χ3n) is 4.14. The summed E-state index contributed by atoms with van der Waals surface area (Å²) in [6.07, 6.45) is 2.84. The predicted molar refractivity (Wildman–Crippen MR) is 109 cm³/mol. The van der Waals surface area contributed by atoms with Gasteiger partial charge in [-0.2, -0.15) is 0 Å². The quantitative estimate of drug-likeness (QED) is 0.476. The van der Waals surface area contributed by atoms with Crippen LogP contribution in [0.25, 0.3) is 0 Å². The third-order valence-corrected chi connectivity index (χ3v) is 4.14. The lowest BCUT2D eigenvalue weighted by atomic mass is 10.1. The molecule has 0 aromatic heterocycles. The molecule has 0 fully saturated rings. The zero-order valence-electron chi connectivity index (χ0n) is 17.3. The van der Waals surface area contributed by atoms with Gasteiger partial charge in [-0.25, -0.2) is 0 Å². The summed E-state index contributed by atoms with van der Waals surface area (Å²) in [6, 6.07) is 6.64. The van der Waals surface area contributed by atoms with Crippen LogP contribution in [-0.2, 0) is 0 Å². The monoisotopic (exact) mass is 403 g/mol.